The van der Waals surface area contributed by atoms with E-state index in [4.69, 9.17) is 4.98 Å². The quantitative estimate of drug-likeness (QED) is 0.864. The Kier molecular flexibility index (Phi) is 4.32. The van der Waals surface area contributed by atoms with Crippen molar-refractivity contribution in [2.24, 2.45) is 0 Å². The van der Waals surface area contributed by atoms with Crippen LogP contribution in [0.15, 0.2) is 36.4 Å². The van der Waals surface area contributed by atoms with Crippen LogP contribution >= 0.6 is 0 Å². The Balaban J connectivity index is 2.29. The predicted octanol–water partition coefficient (Wildman–Crippen LogP) is 3.73. The van der Waals surface area contributed by atoms with Gasteiger partial charge in [-0.15, -0.1) is 0 Å². The molecular formula is C16H22N2. The van der Waals surface area contributed by atoms with Gasteiger partial charge in [-0.25, -0.2) is 0 Å². The molecule has 0 saturated heterocycles. The first-order valence-corrected chi connectivity index (χ1v) is 6.85. The normalized spacial score (nSPS) is 14.6. The Bertz CT molecular complexity index is 507. The van der Waals surface area contributed by atoms with E-state index in [-0.39, 0.29) is 0 Å². The van der Waals surface area contributed by atoms with E-state index in [0.29, 0.717) is 12.0 Å². The number of hydrogen-bond acceptors (Lipinski definition) is 2. The van der Waals surface area contributed by atoms with Gasteiger partial charge in [-0.3, -0.25) is 4.98 Å². The lowest BCUT2D eigenvalue weighted by Crippen LogP contribution is -2.33. The molecule has 0 aliphatic heterocycles. The maximum Gasteiger partial charge on any atom is 0.0705 e. The number of aromatic nitrogens is 1. The van der Waals surface area contributed by atoms with Crippen LogP contribution < -0.4 is 5.32 Å². The number of likely N-dealkylation sites (N-methyl/N-ethyl adjacent to an activating group) is 1. The van der Waals surface area contributed by atoms with E-state index in [2.05, 4.69) is 56.4 Å². The third-order valence-corrected chi connectivity index (χ3v) is 3.60. The minimum absolute atomic E-state index is 0.444. The molecule has 2 unspecified atom stereocenters. The van der Waals surface area contributed by atoms with Gasteiger partial charge >= 0.3 is 0 Å². The lowest BCUT2D eigenvalue weighted by atomic mass is 9.95. The van der Waals surface area contributed by atoms with Gasteiger partial charge in [0.15, 0.2) is 0 Å². The molecule has 0 fully saturated rings. The second-order valence-electron chi connectivity index (χ2n) is 4.79. The minimum Gasteiger partial charge on any atom is -0.314 e. The maximum absolute atomic E-state index is 4.79. The smallest absolute Gasteiger partial charge is 0.0705 e. The van der Waals surface area contributed by atoms with Gasteiger partial charge in [0.25, 0.3) is 0 Å². The standard InChI is InChI=1S/C16H22N2/c1-4-14(17-5-2)12(3)15-11-10-13-8-6-7-9-16(13)18-15/h6-12,14,17H,4-5H2,1-3H3. The van der Waals surface area contributed by atoms with Crippen molar-refractivity contribution in [3.8, 4) is 0 Å². The highest BCUT2D eigenvalue weighted by Gasteiger charge is 2.17. The monoisotopic (exact) mass is 242 g/mol. The second-order valence-corrected chi connectivity index (χ2v) is 4.79. The Morgan fingerprint density at radius 2 is 1.89 bits per heavy atom. The largest absolute Gasteiger partial charge is 0.314 e. The minimum atomic E-state index is 0.444. The van der Waals surface area contributed by atoms with Crippen LogP contribution in [0.25, 0.3) is 10.9 Å². The van der Waals surface area contributed by atoms with Gasteiger partial charge in [0.05, 0.1) is 5.52 Å². The van der Waals surface area contributed by atoms with Crippen LogP contribution in [0.1, 0.15) is 38.8 Å². The van der Waals surface area contributed by atoms with Gasteiger partial charge in [0.1, 0.15) is 0 Å². The highest BCUT2D eigenvalue weighted by molar-refractivity contribution is 5.78. The molecule has 18 heavy (non-hydrogen) atoms. The van der Waals surface area contributed by atoms with Crippen LogP contribution in [0.3, 0.4) is 0 Å². The molecule has 2 nitrogen and oxygen atoms in total. The van der Waals surface area contributed by atoms with Gasteiger partial charge in [-0.1, -0.05) is 45.0 Å². The van der Waals surface area contributed by atoms with Crippen molar-refractivity contribution in [3.05, 3.63) is 42.1 Å². The molecule has 1 heterocycles. The fourth-order valence-electron chi connectivity index (χ4n) is 2.48. The SMILES string of the molecule is CCNC(CC)C(C)c1ccc2ccccc2n1. The molecule has 2 heteroatoms. The molecule has 0 saturated carbocycles. The fraction of sp³-hybridized carbons (Fsp3) is 0.438. The van der Waals surface area contributed by atoms with E-state index < -0.39 is 0 Å². The Morgan fingerprint density at radius 3 is 2.61 bits per heavy atom. The molecule has 1 N–H and O–H groups in total. The van der Waals surface area contributed by atoms with Gasteiger partial charge in [-0.2, -0.15) is 0 Å². The zero-order chi connectivity index (χ0) is 13.0. The molecule has 0 aliphatic carbocycles. The van der Waals surface area contributed by atoms with Crippen molar-refractivity contribution < 1.29 is 0 Å². The zero-order valence-corrected chi connectivity index (χ0v) is 11.5. The molecule has 2 aromatic rings. The Labute approximate surface area is 109 Å². The van der Waals surface area contributed by atoms with Crippen molar-refractivity contribution in [1.29, 1.82) is 0 Å². The molecule has 0 aliphatic rings. The highest BCUT2D eigenvalue weighted by Crippen LogP contribution is 2.22. The molecule has 1 aromatic carbocycles. The summed E-state index contributed by atoms with van der Waals surface area (Å²) in [5.41, 5.74) is 2.27. The highest BCUT2D eigenvalue weighted by atomic mass is 14.9. The van der Waals surface area contributed by atoms with Crippen LogP contribution in [0.4, 0.5) is 0 Å². The lowest BCUT2D eigenvalue weighted by Gasteiger charge is -2.23. The average Bonchev–Trinajstić information content (AvgIpc) is 2.43. The molecule has 2 atom stereocenters. The summed E-state index contributed by atoms with van der Waals surface area (Å²) in [6, 6.07) is 13.1. The summed E-state index contributed by atoms with van der Waals surface area (Å²) in [5, 5.41) is 4.75. The number of fused-ring (bicyclic) bond motifs is 1. The number of benzene rings is 1. The van der Waals surface area contributed by atoms with Gasteiger partial charge in [0.2, 0.25) is 0 Å². The summed E-state index contributed by atoms with van der Waals surface area (Å²) < 4.78 is 0. The van der Waals surface area contributed by atoms with Crippen molar-refractivity contribution in [3.63, 3.8) is 0 Å². The first-order chi connectivity index (χ1) is 8.76. The molecule has 0 spiro atoms. The molecule has 2 rings (SSSR count). The summed E-state index contributed by atoms with van der Waals surface area (Å²) in [6.45, 7) is 7.65. The third-order valence-electron chi connectivity index (χ3n) is 3.60. The van der Waals surface area contributed by atoms with E-state index in [1.54, 1.807) is 0 Å². The van der Waals surface area contributed by atoms with Crippen molar-refractivity contribution >= 4 is 10.9 Å². The number of pyridine rings is 1. The molecule has 0 amide bonds. The van der Waals surface area contributed by atoms with Crippen molar-refractivity contribution in [2.75, 3.05) is 6.54 Å². The molecule has 96 valence electrons. The first kappa shape index (κ1) is 13.0. The van der Waals surface area contributed by atoms with Crippen LogP contribution in [-0.2, 0) is 0 Å². The van der Waals surface area contributed by atoms with Crippen LogP contribution in [-0.4, -0.2) is 17.6 Å². The second kappa shape index (κ2) is 5.96. The summed E-state index contributed by atoms with van der Waals surface area (Å²) in [7, 11) is 0. The summed E-state index contributed by atoms with van der Waals surface area (Å²) in [6.07, 6.45) is 1.13. The van der Waals surface area contributed by atoms with Gasteiger partial charge in [0, 0.05) is 23.0 Å². The molecule has 0 bridgehead atoms. The fourth-order valence-corrected chi connectivity index (χ4v) is 2.48. The molecular weight excluding hydrogens is 220 g/mol. The van der Waals surface area contributed by atoms with Crippen LogP contribution in [0.5, 0.6) is 0 Å². The topological polar surface area (TPSA) is 24.9 Å². The lowest BCUT2D eigenvalue weighted by molar-refractivity contribution is 0.443. The predicted molar refractivity (Wildman–Crippen MR) is 77.9 cm³/mol. The number of para-hydroxylation sites is 1. The Morgan fingerprint density at radius 1 is 1.11 bits per heavy atom. The van der Waals surface area contributed by atoms with Gasteiger partial charge in [-0.05, 0) is 25.1 Å². The maximum atomic E-state index is 4.79. The summed E-state index contributed by atoms with van der Waals surface area (Å²) >= 11 is 0. The number of hydrogen-bond donors (Lipinski definition) is 1. The van der Waals surface area contributed by atoms with E-state index >= 15 is 0 Å². The summed E-state index contributed by atoms with van der Waals surface area (Å²) in [4.78, 5) is 4.79. The Hall–Kier alpha value is -1.41. The average molecular weight is 242 g/mol. The van der Waals surface area contributed by atoms with E-state index in [0.717, 1.165) is 18.5 Å². The molecule has 0 radical (unpaired) electrons. The van der Waals surface area contributed by atoms with Crippen molar-refractivity contribution in [2.45, 2.75) is 39.2 Å². The number of nitrogens with zero attached hydrogens (tertiary/aromatic N) is 1. The first-order valence-electron chi connectivity index (χ1n) is 6.85. The van der Waals surface area contributed by atoms with E-state index in [1.165, 1.54) is 11.1 Å². The van der Waals surface area contributed by atoms with Gasteiger partial charge < -0.3 is 5.32 Å². The van der Waals surface area contributed by atoms with Crippen LogP contribution in [0, 0.1) is 0 Å². The van der Waals surface area contributed by atoms with Crippen LogP contribution in [0.2, 0.25) is 0 Å². The molecule has 1 aromatic heterocycles. The summed E-state index contributed by atoms with van der Waals surface area (Å²) in [5.74, 6) is 0.444. The van der Waals surface area contributed by atoms with Crippen molar-refractivity contribution in [1.82, 2.24) is 10.3 Å². The zero-order valence-electron chi connectivity index (χ0n) is 11.5. The number of nitrogens with one attached hydrogen (secondary N) is 1. The van der Waals surface area contributed by atoms with E-state index in [1.807, 2.05) is 6.07 Å². The number of rotatable bonds is 5. The third kappa shape index (κ3) is 2.70. The van der Waals surface area contributed by atoms with E-state index in [9.17, 15) is 0 Å².